The van der Waals surface area contributed by atoms with Gasteiger partial charge in [-0.15, -0.1) is 0 Å². The predicted octanol–water partition coefficient (Wildman–Crippen LogP) is 10.5. The van der Waals surface area contributed by atoms with Crippen molar-refractivity contribution in [3.8, 4) is 11.5 Å². The van der Waals surface area contributed by atoms with Gasteiger partial charge in [0.2, 0.25) is 11.8 Å². The van der Waals surface area contributed by atoms with Gasteiger partial charge >= 0.3 is 6.18 Å². The molecule has 10 heteroatoms. The molecule has 2 heterocycles. The van der Waals surface area contributed by atoms with E-state index in [0.717, 1.165) is 68.6 Å². The normalized spacial score (nSPS) is 22.9. The van der Waals surface area contributed by atoms with E-state index >= 15 is 0 Å². The molecule has 0 aromatic heterocycles. The maximum absolute atomic E-state index is 14.5. The number of hydrogen-bond donors (Lipinski definition) is 4. The molecule has 2 atom stereocenters. The van der Waals surface area contributed by atoms with E-state index < -0.39 is 22.6 Å². The molecule has 2 fully saturated rings. The van der Waals surface area contributed by atoms with Crippen LogP contribution in [0.3, 0.4) is 0 Å². The maximum atomic E-state index is 14.5. The highest BCUT2D eigenvalue weighted by Gasteiger charge is 2.56. The van der Waals surface area contributed by atoms with Gasteiger partial charge in [-0.3, -0.25) is 9.59 Å². The molecule has 2 amide bonds. The lowest BCUT2D eigenvalue weighted by Crippen LogP contribution is -2.43. The van der Waals surface area contributed by atoms with E-state index in [9.17, 15) is 37.4 Å². The summed E-state index contributed by atoms with van der Waals surface area (Å²) >= 11 is 0. The van der Waals surface area contributed by atoms with Gasteiger partial charge in [-0.1, -0.05) is 68.9 Å². The number of nitrogens with one attached hydrogen (secondary N) is 2. The fourth-order valence-electron chi connectivity index (χ4n) is 9.98. The van der Waals surface area contributed by atoms with Crippen LogP contribution in [0.5, 0.6) is 11.5 Å². The minimum Gasteiger partial charge on any atom is -0.508 e. The number of phenols is 2. The topological polar surface area (TPSA) is 98.7 Å². The SMILES string of the molecule is Cc1c(C(F)(F)F)ccc2c1NC(=O)C2(c1ccc(O)cc1)C1CCCC1.Cc1cc2c(c(C)c1F)NC(=O)C2(c1ccc(O)cc1)C1CCCCCC1. The molecule has 0 bridgehead atoms. The molecule has 4 aromatic carbocycles. The highest BCUT2D eigenvalue weighted by Crippen LogP contribution is 2.56. The number of fused-ring (bicyclic) bond motifs is 2. The Kier molecular flexibility index (Phi) is 9.77. The van der Waals surface area contributed by atoms with Crippen LogP contribution >= 0.6 is 0 Å². The second-order valence-corrected chi connectivity index (χ2v) is 15.5. The predicted molar refractivity (Wildman–Crippen MR) is 200 cm³/mol. The second kappa shape index (κ2) is 14.1. The molecule has 6 nitrogen and oxygen atoms in total. The van der Waals surface area contributed by atoms with Crippen LogP contribution in [0.25, 0.3) is 0 Å². The molecule has 0 spiro atoms. The average Bonchev–Trinajstić information content (AvgIpc) is 3.78. The van der Waals surface area contributed by atoms with E-state index in [1.165, 1.54) is 38.0 Å². The number of hydrogen-bond acceptors (Lipinski definition) is 4. The van der Waals surface area contributed by atoms with Gasteiger partial charge in [0, 0.05) is 11.3 Å². The minimum atomic E-state index is -4.47. The van der Waals surface area contributed by atoms with E-state index in [-0.39, 0.29) is 52.2 Å². The Hall–Kier alpha value is -4.86. The van der Waals surface area contributed by atoms with E-state index in [0.29, 0.717) is 27.9 Å². The lowest BCUT2D eigenvalue weighted by Gasteiger charge is -2.36. The highest BCUT2D eigenvalue weighted by atomic mass is 19.4. The second-order valence-electron chi connectivity index (χ2n) is 15.5. The Morgan fingerprint density at radius 3 is 1.50 bits per heavy atom. The third-order valence-corrected chi connectivity index (χ3v) is 12.6. The summed E-state index contributed by atoms with van der Waals surface area (Å²) in [6.07, 6.45) is 5.74. The Labute approximate surface area is 313 Å². The molecule has 0 saturated heterocycles. The Morgan fingerprint density at radius 1 is 0.611 bits per heavy atom. The molecule has 2 saturated carbocycles. The van der Waals surface area contributed by atoms with E-state index in [4.69, 9.17) is 0 Å². The number of benzene rings is 4. The van der Waals surface area contributed by atoms with Crippen molar-refractivity contribution in [2.45, 2.75) is 102 Å². The van der Waals surface area contributed by atoms with Gasteiger partial charge in [-0.05, 0) is 128 Å². The molecule has 54 heavy (non-hydrogen) atoms. The van der Waals surface area contributed by atoms with Crippen LogP contribution in [0.2, 0.25) is 0 Å². The fourth-order valence-corrected chi connectivity index (χ4v) is 9.98. The zero-order valence-electron chi connectivity index (χ0n) is 30.8. The van der Waals surface area contributed by atoms with E-state index in [2.05, 4.69) is 10.6 Å². The molecular weight excluding hydrogens is 696 g/mol. The molecule has 8 rings (SSSR count). The van der Waals surface area contributed by atoms with E-state index in [1.807, 2.05) is 18.2 Å². The fraction of sp³-hybridized carbons (Fsp3) is 0.409. The largest absolute Gasteiger partial charge is 0.508 e. The first-order valence-electron chi connectivity index (χ1n) is 19.0. The molecule has 4 N–H and O–H groups in total. The molecule has 2 aliphatic carbocycles. The number of halogens is 4. The van der Waals surface area contributed by atoms with Gasteiger partial charge in [0.05, 0.1) is 11.3 Å². The number of alkyl halides is 3. The molecule has 0 radical (unpaired) electrons. The first-order valence-corrected chi connectivity index (χ1v) is 19.0. The zero-order valence-corrected chi connectivity index (χ0v) is 30.8. The number of aryl methyl sites for hydroxylation is 1. The first-order chi connectivity index (χ1) is 25.7. The summed E-state index contributed by atoms with van der Waals surface area (Å²) in [5.41, 5.74) is 2.54. The van der Waals surface area contributed by atoms with Crippen molar-refractivity contribution < 1.29 is 37.4 Å². The molecule has 4 aromatic rings. The molecular formula is C44H46F4N2O4. The Balaban J connectivity index is 0.000000167. The standard InChI is InChI=1S/C23H26FNO2.C21H20F3NO2/c1-14-13-19-21(15(2)20(14)24)25-22(27)23(19,16-7-5-3-4-6-8-16)17-9-11-18(26)12-10-17;1-12-16(21(22,23)24)10-11-17-18(12)25-19(27)20(17,13-4-2-3-5-13)14-6-8-15(26)9-7-14/h9-13,16,26H,3-8H2,1-2H3,(H,25,27);6-11,13,26H,2-5H2,1H3,(H,25,27). The van der Waals surface area contributed by atoms with Crippen LogP contribution < -0.4 is 10.6 Å². The van der Waals surface area contributed by atoms with Crippen LogP contribution in [0.1, 0.15) is 109 Å². The zero-order chi connectivity index (χ0) is 38.6. The average molecular weight is 743 g/mol. The minimum absolute atomic E-state index is 0.0134. The van der Waals surface area contributed by atoms with Crippen molar-refractivity contribution in [2.75, 3.05) is 10.6 Å². The van der Waals surface area contributed by atoms with Gasteiger partial charge in [0.1, 0.15) is 28.1 Å². The first kappa shape index (κ1) is 37.5. The summed E-state index contributed by atoms with van der Waals surface area (Å²) < 4.78 is 54.5. The lowest BCUT2D eigenvalue weighted by molar-refractivity contribution is -0.138. The van der Waals surface area contributed by atoms with Crippen molar-refractivity contribution in [1.29, 1.82) is 0 Å². The molecule has 2 aliphatic heterocycles. The number of anilines is 2. The summed E-state index contributed by atoms with van der Waals surface area (Å²) in [5.74, 6) is -0.158. The highest BCUT2D eigenvalue weighted by molar-refractivity contribution is 6.10. The molecule has 284 valence electrons. The third-order valence-electron chi connectivity index (χ3n) is 12.6. The summed E-state index contributed by atoms with van der Waals surface area (Å²) in [6.45, 7) is 4.91. The smallest absolute Gasteiger partial charge is 0.416 e. The van der Waals surface area contributed by atoms with Crippen LogP contribution in [-0.2, 0) is 26.6 Å². The number of phenolic OH excluding ortho intramolecular Hbond substituents is 2. The summed E-state index contributed by atoms with van der Waals surface area (Å²) in [6, 6.07) is 17.8. The maximum Gasteiger partial charge on any atom is 0.416 e. The van der Waals surface area contributed by atoms with Crippen LogP contribution in [-0.4, -0.2) is 22.0 Å². The van der Waals surface area contributed by atoms with Gasteiger partial charge < -0.3 is 20.8 Å². The summed E-state index contributed by atoms with van der Waals surface area (Å²) in [4.78, 5) is 26.8. The number of carbonyl (C=O) groups is 2. The Bertz CT molecular complexity index is 2080. The Morgan fingerprint density at radius 2 is 1.04 bits per heavy atom. The monoisotopic (exact) mass is 742 g/mol. The van der Waals surface area contributed by atoms with Crippen molar-refractivity contribution in [1.82, 2.24) is 0 Å². The number of rotatable bonds is 4. The number of aromatic hydroxyl groups is 2. The van der Waals surface area contributed by atoms with Crippen LogP contribution in [0.15, 0.2) is 66.7 Å². The van der Waals surface area contributed by atoms with Gasteiger partial charge in [0.25, 0.3) is 0 Å². The van der Waals surface area contributed by atoms with E-state index in [1.54, 1.807) is 38.1 Å². The lowest BCUT2D eigenvalue weighted by atomic mass is 9.63. The molecule has 2 unspecified atom stereocenters. The number of carbonyl (C=O) groups excluding carboxylic acids is 2. The van der Waals surface area contributed by atoms with Crippen LogP contribution in [0, 0.1) is 38.4 Å². The van der Waals surface area contributed by atoms with Crippen molar-refractivity contribution in [3.63, 3.8) is 0 Å². The van der Waals surface area contributed by atoms with Crippen molar-refractivity contribution >= 4 is 23.2 Å². The summed E-state index contributed by atoms with van der Waals surface area (Å²) in [7, 11) is 0. The quantitative estimate of drug-likeness (QED) is 0.124. The van der Waals surface area contributed by atoms with Crippen molar-refractivity contribution in [2.24, 2.45) is 11.8 Å². The summed E-state index contributed by atoms with van der Waals surface area (Å²) in [5, 5.41) is 25.2. The third kappa shape index (κ3) is 5.93. The van der Waals surface area contributed by atoms with Crippen LogP contribution in [0.4, 0.5) is 28.9 Å². The van der Waals surface area contributed by atoms with Gasteiger partial charge in [-0.25, -0.2) is 4.39 Å². The van der Waals surface area contributed by atoms with Crippen molar-refractivity contribution in [3.05, 3.63) is 117 Å². The van der Waals surface area contributed by atoms with Gasteiger partial charge in [-0.2, -0.15) is 13.2 Å². The van der Waals surface area contributed by atoms with Gasteiger partial charge in [0.15, 0.2) is 0 Å². The number of amides is 2. The molecule has 4 aliphatic rings.